The summed E-state index contributed by atoms with van der Waals surface area (Å²) in [6, 6.07) is 2.66. The molecule has 0 saturated heterocycles. The quantitative estimate of drug-likeness (QED) is 0.896. The van der Waals surface area contributed by atoms with Crippen molar-refractivity contribution in [3.05, 3.63) is 35.4 Å². The maximum Gasteiger partial charge on any atom is 0.254 e. The number of amides is 2. The molecule has 6 heteroatoms. The second-order valence-electron chi connectivity index (χ2n) is 4.97. The zero-order valence-electron chi connectivity index (χ0n) is 11.7. The molecule has 0 aliphatic heterocycles. The topological polar surface area (TPSA) is 49.4 Å². The minimum atomic E-state index is -0.953. The molecule has 2 amide bonds. The predicted molar refractivity (Wildman–Crippen MR) is 71.2 cm³/mol. The average molecular weight is 284 g/mol. The lowest BCUT2D eigenvalue weighted by Gasteiger charge is -2.19. The van der Waals surface area contributed by atoms with Gasteiger partial charge in [0.2, 0.25) is 5.91 Å². The molecule has 0 heterocycles. The van der Waals surface area contributed by atoms with E-state index >= 15 is 0 Å². The first-order chi connectivity index (χ1) is 9.31. The summed E-state index contributed by atoms with van der Waals surface area (Å²) < 4.78 is 26.1. The number of carbonyl (C=O) groups is 2. The molecule has 1 rings (SSSR count). The van der Waals surface area contributed by atoms with Crippen LogP contribution < -0.4 is 5.32 Å². The Labute approximate surface area is 116 Å². The third-order valence-electron chi connectivity index (χ3n) is 2.64. The maximum atomic E-state index is 13.4. The number of nitrogens with one attached hydrogen (secondary N) is 1. The van der Waals surface area contributed by atoms with Gasteiger partial charge in [-0.15, -0.1) is 0 Å². The van der Waals surface area contributed by atoms with E-state index in [0.717, 1.165) is 12.1 Å². The zero-order chi connectivity index (χ0) is 15.3. The molecule has 0 aromatic heterocycles. The molecule has 0 atom stereocenters. The molecule has 4 nitrogen and oxygen atoms in total. The van der Waals surface area contributed by atoms with Crippen molar-refractivity contribution in [1.82, 2.24) is 10.2 Å². The molecule has 20 heavy (non-hydrogen) atoms. The molecule has 0 unspecified atom stereocenters. The molecule has 0 spiro atoms. The van der Waals surface area contributed by atoms with E-state index in [9.17, 15) is 18.4 Å². The Kier molecular flexibility index (Phi) is 5.61. The second-order valence-corrected chi connectivity index (χ2v) is 4.97. The highest BCUT2D eigenvalue weighted by Gasteiger charge is 2.15. The van der Waals surface area contributed by atoms with E-state index in [2.05, 4.69) is 5.32 Å². The van der Waals surface area contributed by atoms with Gasteiger partial charge in [0, 0.05) is 19.7 Å². The van der Waals surface area contributed by atoms with Gasteiger partial charge in [0.15, 0.2) is 0 Å². The molecule has 110 valence electrons. The number of halogens is 2. The highest BCUT2D eigenvalue weighted by Crippen LogP contribution is 2.09. The summed E-state index contributed by atoms with van der Waals surface area (Å²) in [7, 11) is 1.63. The van der Waals surface area contributed by atoms with Gasteiger partial charge < -0.3 is 10.2 Å². The number of benzene rings is 1. The first-order valence-corrected chi connectivity index (χ1v) is 6.28. The lowest BCUT2D eigenvalue weighted by atomic mass is 10.2. The van der Waals surface area contributed by atoms with Gasteiger partial charge in [0.05, 0.1) is 12.1 Å². The lowest BCUT2D eigenvalue weighted by Crippen LogP contribution is -2.39. The van der Waals surface area contributed by atoms with Crippen LogP contribution in [-0.4, -0.2) is 36.9 Å². The monoisotopic (exact) mass is 284 g/mol. The summed E-state index contributed by atoms with van der Waals surface area (Å²) in [4.78, 5) is 24.9. The van der Waals surface area contributed by atoms with Gasteiger partial charge in [-0.1, -0.05) is 13.8 Å². The van der Waals surface area contributed by atoms with Gasteiger partial charge in [-0.05, 0) is 18.1 Å². The first-order valence-electron chi connectivity index (χ1n) is 6.28. The van der Waals surface area contributed by atoms with Crippen LogP contribution in [0.4, 0.5) is 8.78 Å². The first kappa shape index (κ1) is 16.1. The zero-order valence-corrected chi connectivity index (χ0v) is 11.7. The number of likely N-dealkylation sites (N-methyl/N-ethyl adjacent to an activating group) is 1. The normalized spacial score (nSPS) is 10.5. The fourth-order valence-electron chi connectivity index (χ4n) is 1.71. The number of hydrogen-bond donors (Lipinski definition) is 1. The summed E-state index contributed by atoms with van der Waals surface area (Å²) in [6.07, 6.45) is 0. The van der Waals surface area contributed by atoms with Gasteiger partial charge in [-0.2, -0.15) is 0 Å². The molecular weight excluding hydrogens is 266 g/mol. The minimum absolute atomic E-state index is 0.223. The molecule has 0 fully saturated rings. The molecule has 0 bridgehead atoms. The number of nitrogens with zero attached hydrogens (tertiary/aromatic N) is 1. The Balaban J connectivity index is 2.57. The van der Waals surface area contributed by atoms with E-state index in [0.29, 0.717) is 18.5 Å². The van der Waals surface area contributed by atoms with Crippen LogP contribution in [0.15, 0.2) is 18.2 Å². The van der Waals surface area contributed by atoms with Crippen LogP contribution in [0.25, 0.3) is 0 Å². The van der Waals surface area contributed by atoms with Gasteiger partial charge in [0.25, 0.3) is 5.91 Å². The molecule has 1 N–H and O–H groups in total. The Morgan fingerprint density at radius 3 is 2.50 bits per heavy atom. The van der Waals surface area contributed by atoms with Crippen molar-refractivity contribution >= 4 is 11.8 Å². The fourth-order valence-corrected chi connectivity index (χ4v) is 1.71. The van der Waals surface area contributed by atoms with E-state index < -0.39 is 17.5 Å². The summed E-state index contributed by atoms with van der Waals surface area (Å²) in [6.45, 7) is 4.28. The third-order valence-corrected chi connectivity index (χ3v) is 2.64. The summed E-state index contributed by atoms with van der Waals surface area (Å²) in [5.41, 5.74) is -0.286. The van der Waals surface area contributed by atoms with E-state index in [1.165, 1.54) is 4.90 Å². The van der Waals surface area contributed by atoms with Crippen LogP contribution in [0.1, 0.15) is 24.2 Å². The van der Waals surface area contributed by atoms with Gasteiger partial charge in [-0.25, -0.2) is 8.78 Å². The summed E-state index contributed by atoms with van der Waals surface area (Å²) >= 11 is 0. The van der Waals surface area contributed by atoms with Gasteiger partial charge in [0.1, 0.15) is 11.6 Å². The fraction of sp³-hybridized carbons (Fsp3) is 0.429. The van der Waals surface area contributed by atoms with E-state index in [-0.39, 0.29) is 18.0 Å². The second kappa shape index (κ2) is 6.98. The number of carbonyl (C=O) groups excluding carboxylic acids is 2. The van der Waals surface area contributed by atoms with Gasteiger partial charge in [-0.3, -0.25) is 9.59 Å². The number of hydrogen-bond acceptors (Lipinski definition) is 2. The van der Waals surface area contributed by atoms with Crippen LogP contribution in [0.2, 0.25) is 0 Å². The number of rotatable bonds is 5. The third kappa shape index (κ3) is 4.60. The van der Waals surface area contributed by atoms with Crippen molar-refractivity contribution in [2.24, 2.45) is 5.92 Å². The molecule has 1 aromatic carbocycles. The van der Waals surface area contributed by atoms with Crippen LogP contribution in [0.5, 0.6) is 0 Å². The Bertz CT molecular complexity index is 504. The Morgan fingerprint density at radius 1 is 1.30 bits per heavy atom. The van der Waals surface area contributed by atoms with E-state index in [4.69, 9.17) is 0 Å². The summed E-state index contributed by atoms with van der Waals surface area (Å²) in [5, 5.41) is 2.32. The molecular formula is C14H18F2N2O2. The lowest BCUT2D eigenvalue weighted by molar-refractivity contribution is -0.129. The van der Waals surface area contributed by atoms with Crippen molar-refractivity contribution in [3.63, 3.8) is 0 Å². The summed E-state index contributed by atoms with van der Waals surface area (Å²) in [5.74, 6) is -2.41. The van der Waals surface area contributed by atoms with Crippen LogP contribution >= 0.6 is 0 Å². The molecule has 0 saturated carbocycles. The van der Waals surface area contributed by atoms with Crippen LogP contribution in [-0.2, 0) is 4.79 Å². The maximum absolute atomic E-state index is 13.4. The average Bonchev–Trinajstić information content (AvgIpc) is 2.34. The largest absolute Gasteiger partial charge is 0.344 e. The van der Waals surface area contributed by atoms with E-state index in [1.807, 2.05) is 13.8 Å². The van der Waals surface area contributed by atoms with Gasteiger partial charge >= 0.3 is 0 Å². The smallest absolute Gasteiger partial charge is 0.254 e. The molecule has 0 aliphatic carbocycles. The van der Waals surface area contributed by atoms with Crippen molar-refractivity contribution < 1.29 is 18.4 Å². The Morgan fingerprint density at radius 2 is 1.95 bits per heavy atom. The van der Waals surface area contributed by atoms with Crippen molar-refractivity contribution in [2.45, 2.75) is 13.8 Å². The SMILES string of the molecule is CC(C)CN(C)C(=O)CNC(=O)c1ccc(F)cc1F. The van der Waals surface area contributed by atoms with E-state index in [1.54, 1.807) is 7.05 Å². The van der Waals surface area contributed by atoms with Crippen molar-refractivity contribution in [2.75, 3.05) is 20.1 Å². The molecule has 1 aromatic rings. The van der Waals surface area contributed by atoms with Crippen LogP contribution in [0, 0.1) is 17.6 Å². The van der Waals surface area contributed by atoms with Crippen molar-refractivity contribution in [1.29, 1.82) is 0 Å². The van der Waals surface area contributed by atoms with Crippen LogP contribution in [0.3, 0.4) is 0 Å². The molecule has 0 aliphatic rings. The Hall–Kier alpha value is -1.98. The predicted octanol–water partition coefficient (Wildman–Crippen LogP) is 1.81. The highest BCUT2D eigenvalue weighted by molar-refractivity contribution is 5.96. The van der Waals surface area contributed by atoms with Crippen molar-refractivity contribution in [3.8, 4) is 0 Å². The molecule has 0 radical (unpaired) electrons. The standard InChI is InChI=1S/C14H18F2N2O2/c1-9(2)8-18(3)13(19)7-17-14(20)11-5-4-10(15)6-12(11)16/h4-6,9H,7-8H2,1-3H3,(H,17,20). The minimum Gasteiger partial charge on any atom is -0.344 e. The highest BCUT2D eigenvalue weighted by atomic mass is 19.1.